The van der Waals surface area contributed by atoms with Crippen LogP contribution in [-0.4, -0.2) is 31.2 Å². The van der Waals surface area contributed by atoms with Crippen LogP contribution in [0.5, 0.6) is 0 Å². The van der Waals surface area contributed by atoms with Crippen molar-refractivity contribution in [3.05, 3.63) is 76.9 Å². The SMILES string of the molecule is C=C(C=O)\C=C/C=C(C)/C(C)=C/c1cccc(C(=O)N(C)C)c1. The molecule has 1 rings (SSSR count). The quantitative estimate of drug-likeness (QED) is 0.451. The fourth-order valence-corrected chi connectivity index (χ4v) is 1.87. The zero-order chi connectivity index (χ0) is 17.4. The third-order valence-electron chi connectivity index (χ3n) is 3.35. The average Bonchev–Trinajstić information content (AvgIpc) is 2.53. The van der Waals surface area contributed by atoms with Gasteiger partial charge in [-0.05, 0) is 42.7 Å². The molecule has 0 radical (unpaired) electrons. The molecule has 0 bridgehead atoms. The highest BCUT2D eigenvalue weighted by Gasteiger charge is 2.07. The van der Waals surface area contributed by atoms with Crippen LogP contribution >= 0.6 is 0 Å². The number of hydrogen-bond acceptors (Lipinski definition) is 2. The van der Waals surface area contributed by atoms with Crippen molar-refractivity contribution >= 4 is 18.3 Å². The van der Waals surface area contributed by atoms with Crippen molar-refractivity contribution in [1.29, 1.82) is 0 Å². The van der Waals surface area contributed by atoms with Gasteiger partial charge in [0.2, 0.25) is 0 Å². The van der Waals surface area contributed by atoms with Crippen LogP contribution in [0, 0.1) is 0 Å². The molecule has 1 aromatic carbocycles. The van der Waals surface area contributed by atoms with E-state index < -0.39 is 0 Å². The molecular weight excluding hydrogens is 286 g/mol. The number of benzene rings is 1. The van der Waals surface area contributed by atoms with E-state index in [4.69, 9.17) is 0 Å². The van der Waals surface area contributed by atoms with Crippen molar-refractivity contribution in [1.82, 2.24) is 4.90 Å². The van der Waals surface area contributed by atoms with Gasteiger partial charge >= 0.3 is 0 Å². The molecule has 1 amide bonds. The molecule has 3 heteroatoms. The maximum Gasteiger partial charge on any atom is 0.253 e. The lowest BCUT2D eigenvalue weighted by Crippen LogP contribution is -2.21. The Morgan fingerprint density at radius 2 is 1.87 bits per heavy atom. The highest BCUT2D eigenvalue weighted by molar-refractivity contribution is 5.94. The van der Waals surface area contributed by atoms with Crippen LogP contribution in [0.2, 0.25) is 0 Å². The van der Waals surface area contributed by atoms with Crippen molar-refractivity contribution < 1.29 is 9.59 Å². The largest absolute Gasteiger partial charge is 0.345 e. The Hall–Kier alpha value is -2.68. The van der Waals surface area contributed by atoms with Gasteiger partial charge < -0.3 is 4.90 Å². The second kappa shape index (κ2) is 8.69. The van der Waals surface area contributed by atoms with Gasteiger partial charge in [-0.2, -0.15) is 0 Å². The van der Waals surface area contributed by atoms with Gasteiger partial charge in [0.05, 0.1) is 0 Å². The van der Waals surface area contributed by atoms with Gasteiger partial charge in [0.1, 0.15) is 6.29 Å². The van der Waals surface area contributed by atoms with Gasteiger partial charge in [0, 0.05) is 25.2 Å². The fourth-order valence-electron chi connectivity index (χ4n) is 1.87. The normalized spacial score (nSPS) is 12.3. The van der Waals surface area contributed by atoms with Crippen LogP contribution in [-0.2, 0) is 4.79 Å². The Morgan fingerprint density at radius 1 is 1.17 bits per heavy atom. The highest BCUT2D eigenvalue weighted by atomic mass is 16.2. The van der Waals surface area contributed by atoms with E-state index in [-0.39, 0.29) is 5.91 Å². The number of carbonyl (C=O) groups excluding carboxylic acids is 2. The number of nitrogens with zero attached hydrogens (tertiary/aromatic N) is 1. The number of rotatable bonds is 6. The molecule has 1 aromatic rings. The summed E-state index contributed by atoms with van der Waals surface area (Å²) in [6, 6.07) is 7.53. The molecule has 0 aliphatic rings. The maximum atomic E-state index is 12.0. The lowest BCUT2D eigenvalue weighted by Gasteiger charge is -2.10. The molecule has 0 aromatic heterocycles. The molecule has 0 spiro atoms. The minimum absolute atomic E-state index is 0.0134. The van der Waals surface area contributed by atoms with Gasteiger partial charge in [-0.3, -0.25) is 9.59 Å². The molecule has 120 valence electrons. The molecule has 23 heavy (non-hydrogen) atoms. The first-order chi connectivity index (χ1) is 10.8. The molecule has 0 fully saturated rings. The van der Waals surface area contributed by atoms with Crippen LogP contribution in [0.1, 0.15) is 29.8 Å². The molecule has 0 N–H and O–H groups in total. The second-order valence-corrected chi connectivity index (χ2v) is 5.55. The number of aldehydes is 1. The molecule has 0 atom stereocenters. The summed E-state index contributed by atoms with van der Waals surface area (Å²) in [6.07, 6.45) is 8.14. The van der Waals surface area contributed by atoms with Gasteiger partial charge in [-0.1, -0.05) is 43.0 Å². The topological polar surface area (TPSA) is 37.4 Å². The monoisotopic (exact) mass is 309 g/mol. The molecule has 0 unspecified atom stereocenters. The molecular formula is C20H23NO2. The van der Waals surface area contributed by atoms with Crippen LogP contribution in [0.4, 0.5) is 0 Å². The smallest absolute Gasteiger partial charge is 0.253 e. The van der Waals surface area contributed by atoms with Crippen molar-refractivity contribution in [3.8, 4) is 0 Å². The van der Waals surface area contributed by atoms with E-state index in [1.54, 1.807) is 31.1 Å². The first kappa shape index (κ1) is 18.4. The summed E-state index contributed by atoms with van der Waals surface area (Å²) < 4.78 is 0. The molecule has 0 heterocycles. The first-order valence-electron chi connectivity index (χ1n) is 7.34. The maximum absolute atomic E-state index is 12.0. The zero-order valence-electron chi connectivity index (χ0n) is 14.2. The third-order valence-corrected chi connectivity index (χ3v) is 3.35. The summed E-state index contributed by atoms with van der Waals surface area (Å²) in [4.78, 5) is 24.0. The summed E-state index contributed by atoms with van der Waals surface area (Å²) in [5, 5.41) is 0. The Bertz CT molecular complexity index is 691. The molecule has 0 saturated heterocycles. The first-order valence-corrected chi connectivity index (χ1v) is 7.34. The summed E-state index contributed by atoms with van der Waals surface area (Å²) in [5.74, 6) is -0.0134. The van der Waals surface area contributed by atoms with Gasteiger partial charge in [-0.15, -0.1) is 0 Å². The van der Waals surface area contributed by atoms with Gasteiger partial charge in [0.25, 0.3) is 5.91 Å². The average molecular weight is 309 g/mol. The predicted octanol–water partition coefficient (Wildman–Crippen LogP) is 4.05. The summed E-state index contributed by atoms with van der Waals surface area (Å²) in [7, 11) is 3.48. The van der Waals surface area contributed by atoms with Crippen molar-refractivity contribution in [2.24, 2.45) is 0 Å². The van der Waals surface area contributed by atoms with Crippen molar-refractivity contribution in [2.75, 3.05) is 14.1 Å². The van der Waals surface area contributed by atoms with Gasteiger partial charge in [0.15, 0.2) is 0 Å². The lowest BCUT2D eigenvalue weighted by atomic mass is 10.0. The summed E-state index contributed by atoms with van der Waals surface area (Å²) >= 11 is 0. The highest BCUT2D eigenvalue weighted by Crippen LogP contribution is 2.16. The number of hydrogen-bond donors (Lipinski definition) is 0. The standard InChI is InChI=1S/C20H23NO2/c1-15(14-22)8-6-9-16(2)17(3)12-18-10-7-11-19(13-18)20(23)21(4)5/h6-14H,1H2,2-5H3/b8-6-,16-9+,17-12+. The Balaban J connectivity index is 2.97. The van der Waals surface area contributed by atoms with Crippen LogP contribution in [0.15, 0.2) is 65.8 Å². The number of carbonyl (C=O) groups is 2. The Morgan fingerprint density at radius 3 is 2.48 bits per heavy atom. The molecule has 0 aliphatic carbocycles. The van der Waals surface area contributed by atoms with Gasteiger partial charge in [-0.25, -0.2) is 0 Å². The third kappa shape index (κ3) is 5.91. The van der Waals surface area contributed by atoms with E-state index in [0.29, 0.717) is 11.1 Å². The van der Waals surface area contributed by atoms with E-state index in [2.05, 4.69) is 6.58 Å². The molecule has 0 aliphatic heterocycles. The number of amides is 1. The fraction of sp³-hybridized carbons (Fsp3) is 0.200. The molecule has 0 saturated carbocycles. The minimum Gasteiger partial charge on any atom is -0.345 e. The minimum atomic E-state index is -0.0134. The van der Waals surface area contributed by atoms with E-state index in [0.717, 1.165) is 23.0 Å². The summed E-state index contributed by atoms with van der Waals surface area (Å²) in [6.45, 7) is 7.59. The van der Waals surface area contributed by atoms with E-state index in [1.807, 2.05) is 50.3 Å². The molecule has 3 nitrogen and oxygen atoms in total. The van der Waals surface area contributed by atoms with Crippen LogP contribution < -0.4 is 0 Å². The Labute approximate surface area is 138 Å². The van der Waals surface area contributed by atoms with E-state index in [9.17, 15) is 9.59 Å². The van der Waals surface area contributed by atoms with Crippen molar-refractivity contribution in [2.45, 2.75) is 13.8 Å². The van der Waals surface area contributed by atoms with E-state index >= 15 is 0 Å². The van der Waals surface area contributed by atoms with Crippen molar-refractivity contribution in [3.63, 3.8) is 0 Å². The second-order valence-electron chi connectivity index (χ2n) is 5.55. The van der Waals surface area contributed by atoms with Crippen LogP contribution in [0.25, 0.3) is 6.08 Å². The predicted molar refractivity (Wildman–Crippen MR) is 96.2 cm³/mol. The summed E-state index contributed by atoms with van der Waals surface area (Å²) in [5.41, 5.74) is 4.24. The zero-order valence-corrected chi connectivity index (χ0v) is 14.2. The lowest BCUT2D eigenvalue weighted by molar-refractivity contribution is -0.104. The van der Waals surface area contributed by atoms with E-state index in [1.165, 1.54) is 0 Å². The Kier molecular flexibility index (Phi) is 6.94. The number of allylic oxidation sites excluding steroid dienone is 6. The van der Waals surface area contributed by atoms with Crippen LogP contribution in [0.3, 0.4) is 0 Å².